The Morgan fingerprint density at radius 3 is 2.85 bits per heavy atom. The predicted octanol–water partition coefficient (Wildman–Crippen LogP) is 2.58. The number of benzene rings is 1. The van der Waals surface area contributed by atoms with E-state index in [0.717, 1.165) is 25.7 Å². The zero-order valence-electron chi connectivity index (χ0n) is 12.5. The fourth-order valence-corrected chi connectivity index (χ4v) is 3.54. The zero-order valence-corrected chi connectivity index (χ0v) is 12.5. The van der Waals surface area contributed by atoms with Crippen LogP contribution >= 0.6 is 0 Å². The highest BCUT2D eigenvalue weighted by atomic mass is 16.5. The summed E-state index contributed by atoms with van der Waals surface area (Å²) in [5.41, 5.74) is 2.85. The molecule has 0 spiro atoms. The Morgan fingerprint density at radius 1 is 1.25 bits per heavy atom. The quantitative estimate of drug-likeness (QED) is 0.913. The summed E-state index contributed by atoms with van der Waals surface area (Å²) >= 11 is 0. The lowest BCUT2D eigenvalue weighted by atomic mass is 9.94. The van der Waals surface area contributed by atoms with Crippen molar-refractivity contribution in [3.8, 4) is 0 Å². The third kappa shape index (κ3) is 3.05. The number of piperidine rings is 1. The van der Waals surface area contributed by atoms with E-state index in [2.05, 4.69) is 41.4 Å². The number of hydrogen-bond donors (Lipinski definition) is 1. The Kier molecular flexibility index (Phi) is 4.71. The van der Waals surface area contributed by atoms with E-state index in [4.69, 9.17) is 4.74 Å². The SMILES string of the molecule is CCN(CC1CCNCC1)C1COCc2ccccc21. The van der Waals surface area contributed by atoms with Crippen LogP contribution in [0.5, 0.6) is 0 Å². The minimum absolute atomic E-state index is 0.444. The monoisotopic (exact) mass is 274 g/mol. The van der Waals surface area contributed by atoms with Crippen molar-refractivity contribution >= 4 is 0 Å². The molecule has 0 aromatic heterocycles. The molecule has 2 aliphatic heterocycles. The number of hydrogen-bond acceptors (Lipinski definition) is 3. The van der Waals surface area contributed by atoms with Gasteiger partial charge in [-0.1, -0.05) is 31.2 Å². The Bertz CT molecular complexity index is 429. The minimum Gasteiger partial charge on any atom is -0.375 e. The van der Waals surface area contributed by atoms with E-state index in [1.165, 1.54) is 43.6 Å². The molecule has 110 valence electrons. The van der Waals surface area contributed by atoms with Gasteiger partial charge in [0.2, 0.25) is 0 Å². The largest absolute Gasteiger partial charge is 0.375 e. The molecule has 2 aliphatic rings. The molecule has 0 amide bonds. The van der Waals surface area contributed by atoms with Gasteiger partial charge >= 0.3 is 0 Å². The van der Waals surface area contributed by atoms with Crippen LogP contribution in [0.1, 0.15) is 36.9 Å². The van der Waals surface area contributed by atoms with Crippen LogP contribution in [0.25, 0.3) is 0 Å². The number of nitrogens with zero attached hydrogens (tertiary/aromatic N) is 1. The third-order valence-corrected chi connectivity index (χ3v) is 4.75. The van der Waals surface area contributed by atoms with Crippen molar-refractivity contribution in [3.63, 3.8) is 0 Å². The van der Waals surface area contributed by atoms with Gasteiger partial charge in [-0.25, -0.2) is 0 Å². The van der Waals surface area contributed by atoms with Gasteiger partial charge in [-0.05, 0) is 49.5 Å². The van der Waals surface area contributed by atoms with Crippen LogP contribution in [0, 0.1) is 5.92 Å². The van der Waals surface area contributed by atoms with Crippen LogP contribution in [0.4, 0.5) is 0 Å². The number of fused-ring (bicyclic) bond motifs is 1. The van der Waals surface area contributed by atoms with Crippen LogP contribution in [0.3, 0.4) is 0 Å². The van der Waals surface area contributed by atoms with E-state index in [1.54, 1.807) is 0 Å². The second-order valence-electron chi connectivity index (χ2n) is 6.01. The number of likely N-dealkylation sites (N-methyl/N-ethyl adjacent to an activating group) is 1. The Labute approximate surface area is 122 Å². The van der Waals surface area contributed by atoms with Crippen molar-refractivity contribution in [3.05, 3.63) is 35.4 Å². The van der Waals surface area contributed by atoms with E-state index in [-0.39, 0.29) is 0 Å². The highest BCUT2D eigenvalue weighted by molar-refractivity contribution is 5.31. The second kappa shape index (κ2) is 6.70. The van der Waals surface area contributed by atoms with Gasteiger partial charge in [0.15, 0.2) is 0 Å². The van der Waals surface area contributed by atoms with Crippen LogP contribution in [-0.4, -0.2) is 37.7 Å². The lowest BCUT2D eigenvalue weighted by Gasteiger charge is -2.38. The van der Waals surface area contributed by atoms with Crippen LogP contribution in [0.15, 0.2) is 24.3 Å². The smallest absolute Gasteiger partial charge is 0.0721 e. The molecule has 3 heteroatoms. The highest BCUT2D eigenvalue weighted by Crippen LogP contribution is 2.30. The van der Waals surface area contributed by atoms with Gasteiger partial charge in [0.1, 0.15) is 0 Å². The van der Waals surface area contributed by atoms with E-state index in [1.807, 2.05) is 0 Å². The Balaban J connectivity index is 1.72. The minimum atomic E-state index is 0.444. The summed E-state index contributed by atoms with van der Waals surface area (Å²) in [5, 5.41) is 3.46. The van der Waals surface area contributed by atoms with Crippen molar-refractivity contribution in [2.45, 2.75) is 32.4 Å². The van der Waals surface area contributed by atoms with Crippen molar-refractivity contribution in [2.24, 2.45) is 5.92 Å². The third-order valence-electron chi connectivity index (χ3n) is 4.75. The van der Waals surface area contributed by atoms with Crippen molar-refractivity contribution in [1.82, 2.24) is 10.2 Å². The first-order chi connectivity index (χ1) is 9.88. The summed E-state index contributed by atoms with van der Waals surface area (Å²) in [4.78, 5) is 2.62. The van der Waals surface area contributed by atoms with E-state index >= 15 is 0 Å². The Hall–Kier alpha value is -0.900. The summed E-state index contributed by atoms with van der Waals surface area (Å²) in [6.45, 7) is 8.57. The molecular weight excluding hydrogens is 248 g/mol. The molecule has 0 aliphatic carbocycles. The molecule has 2 heterocycles. The summed E-state index contributed by atoms with van der Waals surface area (Å²) in [6, 6.07) is 9.22. The molecule has 3 nitrogen and oxygen atoms in total. The summed E-state index contributed by atoms with van der Waals surface area (Å²) in [5.74, 6) is 0.838. The van der Waals surface area contributed by atoms with Crippen molar-refractivity contribution < 1.29 is 4.74 Å². The van der Waals surface area contributed by atoms with Gasteiger partial charge in [-0.15, -0.1) is 0 Å². The first-order valence-electron chi connectivity index (χ1n) is 7.98. The van der Waals surface area contributed by atoms with Crippen LogP contribution < -0.4 is 5.32 Å². The van der Waals surface area contributed by atoms with Gasteiger partial charge in [0.25, 0.3) is 0 Å². The number of rotatable bonds is 4. The molecule has 0 bridgehead atoms. The molecule has 1 unspecified atom stereocenters. The lowest BCUT2D eigenvalue weighted by molar-refractivity contribution is 0.0261. The standard InChI is InChI=1S/C17H26N2O/c1-2-19(11-14-7-9-18-10-8-14)17-13-20-12-15-5-3-4-6-16(15)17/h3-6,14,17-18H,2,7-13H2,1H3. The fourth-order valence-electron chi connectivity index (χ4n) is 3.54. The summed E-state index contributed by atoms with van der Waals surface area (Å²) < 4.78 is 5.83. The van der Waals surface area contributed by atoms with E-state index in [0.29, 0.717) is 6.04 Å². The van der Waals surface area contributed by atoms with Crippen molar-refractivity contribution in [2.75, 3.05) is 32.8 Å². The van der Waals surface area contributed by atoms with Crippen LogP contribution in [-0.2, 0) is 11.3 Å². The van der Waals surface area contributed by atoms with Gasteiger partial charge in [0, 0.05) is 6.54 Å². The molecule has 1 fully saturated rings. The second-order valence-corrected chi connectivity index (χ2v) is 6.01. The predicted molar refractivity (Wildman–Crippen MR) is 81.7 cm³/mol. The summed E-state index contributed by atoms with van der Waals surface area (Å²) in [6.07, 6.45) is 2.62. The molecule has 1 aromatic carbocycles. The zero-order chi connectivity index (χ0) is 13.8. The normalized spacial score (nSPS) is 23.8. The maximum absolute atomic E-state index is 5.83. The topological polar surface area (TPSA) is 24.5 Å². The average Bonchev–Trinajstić information content (AvgIpc) is 2.53. The summed E-state index contributed by atoms with van der Waals surface area (Å²) in [7, 11) is 0. The Morgan fingerprint density at radius 2 is 2.05 bits per heavy atom. The molecule has 1 aromatic rings. The maximum Gasteiger partial charge on any atom is 0.0721 e. The molecule has 1 atom stereocenters. The van der Waals surface area contributed by atoms with Gasteiger partial charge < -0.3 is 10.1 Å². The maximum atomic E-state index is 5.83. The first kappa shape index (κ1) is 14.1. The van der Waals surface area contributed by atoms with E-state index in [9.17, 15) is 0 Å². The molecule has 0 radical (unpaired) electrons. The van der Waals surface area contributed by atoms with Gasteiger partial charge in [-0.3, -0.25) is 4.90 Å². The molecule has 1 N–H and O–H groups in total. The van der Waals surface area contributed by atoms with Crippen LogP contribution in [0.2, 0.25) is 0 Å². The lowest BCUT2D eigenvalue weighted by Crippen LogP contribution is -2.40. The average molecular weight is 274 g/mol. The van der Waals surface area contributed by atoms with Gasteiger partial charge in [-0.2, -0.15) is 0 Å². The molecular formula is C17H26N2O. The molecule has 1 saturated heterocycles. The fraction of sp³-hybridized carbons (Fsp3) is 0.647. The van der Waals surface area contributed by atoms with Crippen molar-refractivity contribution in [1.29, 1.82) is 0 Å². The molecule has 0 saturated carbocycles. The highest BCUT2D eigenvalue weighted by Gasteiger charge is 2.27. The van der Waals surface area contributed by atoms with E-state index < -0.39 is 0 Å². The molecule has 20 heavy (non-hydrogen) atoms. The van der Waals surface area contributed by atoms with Gasteiger partial charge in [0.05, 0.1) is 19.3 Å². The number of ether oxygens (including phenoxy) is 1. The molecule has 3 rings (SSSR count). The number of nitrogens with one attached hydrogen (secondary N) is 1. The first-order valence-corrected chi connectivity index (χ1v) is 7.98.